The van der Waals surface area contributed by atoms with E-state index < -0.39 is 0 Å². The van der Waals surface area contributed by atoms with E-state index in [2.05, 4.69) is 25.7 Å². The van der Waals surface area contributed by atoms with Crippen molar-refractivity contribution in [1.82, 2.24) is 20.3 Å². The highest BCUT2D eigenvalue weighted by Gasteiger charge is 2.11. The molecule has 0 aliphatic heterocycles. The molecule has 2 aromatic heterocycles. The van der Waals surface area contributed by atoms with Gasteiger partial charge in [0.1, 0.15) is 10.8 Å². The van der Waals surface area contributed by atoms with E-state index in [0.717, 1.165) is 16.1 Å². The summed E-state index contributed by atoms with van der Waals surface area (Å²) in [5.41, 5.74) is 1.64. The molecule has 28 heavy (non-hydrogen) atoms. The first-order valence-electron chi connectivity index (χ1n) is 8.40. The molecule has 0 spiro atoms. The predicted octanol–water partition coefficient (Wildman–Crippen LogP) is 3.58. The second kappa shape index (κ2) is 7.97. The summed E-state index contributed by atoms with van der Waals surface area (Å²) in [7, 11) is 0. The van der Waals surface area contributed by atoms with Gasteiger partial charge >= 0.3 is 0 Å². The van der Waals surface area contributed by atoms with Crippen molar-refractivity contribution in [2.45, 2.75) is 6.92 Å². The third-order valence-corrected chi connectivity index (χ3v) is 4.46. The number of aryl methyl sites for hydroxylation is 1. The lowest BCUT2D eigenvalue weighted by Gasteiger charge is -2.05. The van der Waals surface area contributed by atoms with Crippen LogP contribution in [0.2, 0.25) is 0 Å². The molecule has 2 aromatic carbocycles. The lowest BCUT2D eigenvalue weighted by Crippen LogP contribution is -2.20. The first-order valence-corrected chi connectivity index (χ1v) is 9.21. The second-order valence-corrected chi connectivity index (χ2v) is 6.96. The molecule has 0 radical (unpaired) electrons. The minimum atomic E-state index is -0.301. The van der Waals surface area contributed by atoms with Crippen molar-refractivity contribution in [2.24, 2.45) is 0 Å². The standard InChI is InChI=1S/C19H15N5O3S/c1-12-22-23-19(28-12)20-16(25)11-26-15-9-7-14(8-10-15)18-21-17(24-27-18)13-5-3-2-4-6-13/h2-10H,11H2,1H3,(H,20,23,25). The Balaban J connectivity index is 1.36. The Bertz CT molecular complexity index is 1080. The number of rotatable bonds is 6. The zero-order chi connectivity index (χ0) is 19.3. The smallest absolute Gasteiger partial charge is 0.264 e. The van der Waals surface area contributed by atoms with E-state index in [-0.39, 0.29) is 12.5 Å². The molecule has 0 unspecified atom stereocenters. The first kappa shape index (κ1) is 17.8. The number of amides is 1. The van der Waals surface area contributed by atoms with Gasteiger partial charge in [-0.3, -0.25) is 10.1 Å². The van der Waals surface area contributed by atoms with Crippen LogP contribution in [-0.4, -0.2) is 32.9 Å². The molecule has 0 aliphatic rings. The van der Waals surface area contributed by atoms with Crippen molar-refractivity contribution in [3.05, 3.63) is 59.6 Å². The van der Waals surface area contributed by atoms with Gasteiger partial charge in [-0.2, -0.15) is 4.98 Å². The molecule has 0 aliphatic carbocycles. The molecule has 0 saturated heterocycles. The van der Waals surface area contributed by atoms with Gasteiger partial charge in [0, 0.05) is 11.1 Å². The van der Waals surface area contributed by atoms with Crippen LogP contribution in [0.25, 0.3) is 22.8 Å². The Hall–Kier alpha value is -3.59. The average molecular weight is 393 g/mol. The molecule has 0 bridgehead atoms. The van der Waals surface area contributed by atoms with Crippen LogP contribution in [0.5, 0.6) is 5.75 Å². The number of carbonyl (C=O) groups is 1. The number of hydrogen-bond donors (Lipinski definition) is 1. The van der Waals surface area contributed by atoms with Crippen LogP contribution in [0, 0.1) is 6.92 Å². The summed E-state index contributed by atoms with van der Waals surface area (Å²) in [6.07, 6.45) is 0. The Morgan fingerprint density at radius 1 is 1.07 bits per heavy atom. The van der Waals surface area contributed by atoms with Gasteiger partial charge in [-0.1, -0.05) is 46.8 Å². The fourth-order valence-electron chi connectivity index (χ4n) is 2.39. The Kier molecular flexibility index (Phi) is 5.07. The highest BCUT2D eigenvalue weighted by molar-refractivity contribution is 7.15. The van der Waals surface area contributed by atoms with Gasteiger partial charge in [0.25, 0.3) is 11.8 Å². The summed E-state index contributed by atoms with van der Waals surface area (Å²) in [5.74, 6) is 1.19. The molecule has 0 fully saturated rings. The van der Waals surface area contributed by atoms with Gasteiger partial charge in [0.2, 0.25) is 11.0 Å². The Labute approximate surface area is 164 Å². The summed E-state index contributed by atoms with van der Waals surface area (Å²) < 4.78 is 10.8. The zero-order valence-corrected chi connectivity index (χ0v) is 15.6. The van der Waals surface area contributed by atoms with Crippen molar-refractivity contribution in [3.63, 3.8) is 0 Å². The largest absolute Gasteiger partial charge is 0.484 e. The molecule has 0 atom stereocenters. The van der Waals surface area contributed by atoms with Crippen molar-refractivity contribution in [1.29, 1.82) is 0 Å². The molecule has 0 saturated carbocycles. The lowest BCUT2D eigenvalue weighted by molar-refractivity contribution is -0.118. The van der Waals surface area contributed by atoms with Crippen LogP contribution in [-0.2, 0) is 4.79 Å². The summed E-state index contributed by atoms with van der Waals surface area (Å²) in [4.78, 5) is 16.3. The second-order valence-electron chi connectivity index (χ2n) is 5.78. The lowest BCUT2D eigenvalue weighted by atomic mass is 10.2. The van der Waals surface area contributed by atoms with Crippen LogP contribution in [0.3, 0.4) is 0 Å². The number of nitrogens with zero attached hydrogens (tertiary/aromatic N) is 4. The van der Waals surface area contributed by atoms with E-state index in [1.54, 1.807) is 24.3 Å². The van der Waals surface area contributed by atoms with Crippen molar-refractivity contribution in [2.75, 3.05) is 11.9 Å². The monoisotopic (exact) mass is 393 g/mol. The Morgan fingerprint density at radius 2 is 1.86 bits per heavy atom. The number of anilines is 1. The van der Waals surface area contributed by atoms with Crippen molar-refractivity contribution >= 4 is 22.4 Å². The maximum absolute atomic E-state index is 11.9. The normalized spacial score (nSPS) is 10.6. The fraction of sp³-hybridized carbons (Fsp3) is 0.105. The van der Waals surface area contributed by atoms with Crippen LogP contribution in [0.4, 0.5) is 5.13 Å². The van der Waals surface area contributed by atoms with Gasteiger partial charge in [-0.25, -0.2) is 0 Å². The first-order chi connectivity index (χ1) is 13.7. The number of carbonyl (C=O) groups excluding carboxylic acids is 1. The molecule has 4 rings (SSSR count). The summed E-state index contributed by atoms with van der Waals surface area (Å²) in [5, 5.41) is 15.6. The number of aromatic nitrogens is 4. The van der Waals surface area contributed by atoms with E-state index in [9.17, 15) is 4.79 Å². The molecule has 1 amide bonds. The van der Waals surface area contributed by atoms with Gasteiger partial charge in [0.15, 0.2) is 6.61 Å². The summed E-state index contributed by atoms with van der Waals surface area (Å²) in [6.45, 7) is 1.69. The van der Waals surface area contributed by atoms with Crippen LogP contribution in [0.15, 0.2) is 59.1 Å². The van der Waals surface area contributed by atoms with Crippen LogP contribution in [0.1, 0.15) is 5.01 Å². The maximum atomic E-state index is 11.9. The molecule has 2 heterocycles. The fourth-order valence-corrected chi connectivity index (χ4v) is 3.00. The molecule has 140 valence electrons. The van der Waals surface area contributed by atoms with E-state index in [4.69, 9.17) is 9.26 Å². The predicted molar refractivity (Wildman–Crippen MR) is 104 cm³/mol. The highest BCUT2D eigenvalue weighted by atomic mass is 32.1. The molecule has 8 nitrogen and oxygen atoms in total. The van der Waals surface area contributed by atoms with Gasteiger partial charge < -0.3 is 9.26 Å². The third-order valence-electron chi connectivity index (χ3n) is 3.70. The van der Waals surface area contributed by atoms with E-state index >= 15 is 0 Å². The van der Waals surface area contributed by atoms with Crippen LogP contribution < -0.4 is 10.1 Å². The SMILES string of the molecule is Cc1nnc(NC(=O)COc2ccc(-c3nc(-c4ccccc4)no3)cc2)s1. The number of nitrogens with one attached hydrogen (secondary N) is 1. The van der Waals surface area contributed by atoms with Crippen molar-refractivity contribution in [3.8, 4) is 28.6 Å². The molecular weight excluding hydrogens is 378 g/mol. The van der Waals surface area contributed by atoms with Crippen LogP contribution >= 0.6 is 11.3 Å². The number of benzene rings is 2. The van der Waals surface area contributed by atoms with Crippen molar-refractivity contribution < 1.29 is 14.1 Å². The van der Waals surface area contributed by atoms with E-state index in [0.29, 0.717) is 22.6 Å². The van der Waals surface area contributed by atoms with Gasteiger partial charge in [-0.05, 0) is 31.2 Å². The van der Waals surface area contributed by atoms with E-state index in [1.807, 2.05) is 37.3 Å². The minimum Gasteiger partial charge on any atom is -0.484 e. The third kappa shape index (κ3) is 4.21. The molecular formula is C19H15N5O3S. The van der Waals surface area contributed by atoms with Gasteiger partial charge in [0.05, 0.1) is 0 Å². The minimum absolute atomic E-state index is 0.128. The molecule has 1 N–H and O–H groups in total. The van der Waals surface area contributed by atoms with Gasteiger partial charge in [-0.15, -0.1) is 10.2 Å². The molecule has 4 aromatic rings. The highest BCUT2D eigenvalue weighted by Crippen LogP contribution is 2.24. The molecule has 9 heteroatoms. The van der Waals surface area contributed by atoms with E-state index in [1.165, 1.54) is 11.3 Å². The topological polar surface area (TPSA) is 103 Å². The number of ether oxygens (including phenoxy) is 1. The summed E-state index contributed by atoms with van der Waals surface area (Å²) in [6, 6.07) is 16.7. The number of hydrogen-bond acceptors (Lipinski definition) is 8. The Morgan fingerprint density at radius 3 is 2.57 bits per heavy atom. The summed E-state index contributed by atoms with van der Waals surface area (Å²) >= 11 is 1.30. The maximum Gasteiger partial charge on any atom is 0.264 e. The zero-order valence-electron chi connectivity index (χ0n) is 14.8. The average Bonchev–Trinajstić information content (AvgIpc) is 3.37. The quantitative estimate of drug-likeness (QED) is 0.534.